The van der Waals surface area contributed by atoms with Crippen molar-refractivity contribution >= 4 is 29.4 Å². The van der Waals surface area contributed by atoms with E-state index in [1.807, 2.05) is 0 Å². The van der Waals surface area contributed by atoms with Crippen LogP contribution in [0, 0.1) is 0 Å². The van der Waals surface area contributed by atoms with Gasteiger partial charge in [-0.2, -0.15) is 0 Å². The Morgan fingerprint density at radius 2 is 2.03 bits per heavy atom. The highest BCUT2D eigenvalue weighted by Crippen LogP contribution is 2.44. The Balaban J connectivity index is 1.38. The Morgan fingerprint density at radius 1 is 1.19 bits per heavy atom. The quantitative estimate of drug-likeness (QED) is 0.258. The van der Waals surface area contributed by atoms with Crippen molar-refractivity contribution in [3.05, 3.63) is 47.5 Å². The number of aliphatic hydroxyl groups is 1. The predicted molar refractivity (Wildman–Crippen MR) is 126 cm³/mol. The van der Waals surface area contributed by atoms with Crippen LogP contribution in [0.15, 0.2) is 41.4 Å². The lowest BCUT2D eigenvalue weighted by molar-refractivity contribution is -0.137. The van der Waals surface area contributed by atoms with Gasteiger partial charge in [0.1, 0.15) is 5.75 Å². The van der Waals surface area contributed by atoms with Crippen LogP contribution >= 0.6 is 0 Å². The minimum absolute atomic E-state index is 0.0811. The van der Waals surface area contributed by atoms with Crippen LogP contribution in [0.2, 0.25) is 0 Å². The van der Waals surface area contributed by atoms with Crippen LogP contribution in [0.1, 0.15) is 28.4 Å². The lowest BCUT2D eigenvalue weighted by atomic mass is 10.0. The third-order valence-corrected chi connectivity index (χ3v) is 5.38. The number of aliphatic carboxylic acids is 1. The van der Waals surface area contributed by atoms with Crippen LogP contribution in [0.4, 0.5) is 5.69 Å². The van der Waals surface area contributed by atoms with Crippen LogP contribution in [-0.4, -0.2) is 71.6 Å². The lowest BCUT2D eigenvalue weighted by Gasteiger charge is -2.20. The molecule has 0 radical (unpaired) electrons. The number of fused-ring (bicyclic) bond motifs is 1. The number of amides is 2. The molecule has 0 fully saturated rings. The van der Waals surface area contributed by atoms with Crippen LogP contribution < -0.4 is 30.7 Å². The highest BCUT2D eigenvalue weighted by atomic mass is 16.7. The number of phenols is 1. The number of nitrogens with zero attached hydrogens (tertiary/aromatic N) is 1. The topological polar surface area (TPSA) is 191 Å². The summed E-state index contributed by atoms with van der Waals surface area (Å²) in [4.78, 5) is 40.8. The highest BCUT2D eigenvalue weighted by Gasteiger charge is 2.29. The number of hydrogen-bond acceptors (Lipinski definition) is 10. The molecule has 190 valence electrons. The molecule has 0 aliphatic carbocycles. The Kier molecular flexibility index (Phi) is 7.39. The van der Waals surface area contributed by atoms with Crippen LogP contribution in [-0.2, 0) is 9.59 Å². The fourth-order valence-electron chi connectivity index (χ4n) is 3.72. The van der Waals surface area contributed by atoms with Crippen LogP contribution in [0.5, 0.6) is 17.2 Å². The molecule has 2 aromatic carbocycles. The average Bonchev–Trinajstić information content (AvgIpc) is 3.32. The molecule has 4 rings (SSSR count). The number of rotatable bonds is 8. The second kappa shape index (κ2) is 10.8. The van der Waals surface area contributed by atoms with E-state index < -0.39 is 42.9 Å². The zero-order chi connectivity index (χ0) is 25.7. The number of carbonyl (C=O) groups is 3. The molecule has 2 atom stereocenters. The number of aliphatic hydroxyl groups excluding tert-OH is 1. The SMILES string of the molecule is O=C(O)CC(NC(=O)CNC(=O)c1cccc(NC2=NCC(O)CN2)c1)c1c(O)ccc2c1OCO2. The summed E-state index contributed by atoms with van der Waals surface area (Å²) < 4.78 is 10.6. The van der Waals surface area contributed by atoms with E-state index in [0.29, 0.717) is 23.9 Å². The Bertz CT molecular complexity index is 1200. The van der Waals surface area contributed by atoms with Gasteiger partial charge in [-0.25, -0.2) is 0 Å². The fourth-order valence-corrected chi connectivity index (χ4v) is 3.72. The first-order valence-corrected chi connectivity index (χ1v) is 11.0. The first kappa shape index (κ1) is 24.6. The zero-order valence-corrected chi connectivity index (χ0v) is 19.0. The summed E-state index contributed by atoms with van der Waals surface area (Å²) in [5.74, 6) is -1.73. The molecule has 0 saturated carbocycles. The van der Waals surface area contributed by atoms with E-state index in [4.69, 9.17) is 9.47 Å². The van der Waals surface area contributed by atoms with Gasteiger partial charge in [0, 0.05) is 17.8 Å². The molecule has 13 nitrogen and oxygen atoms in total. The third-order valence-electron chi connectivity index (χ3n) is 5.38. The standard InChI is InChI=1S/C23H25N5O8/c29-14-8-25-23(26-9-14)27-13-3-1-2-12(6-13)22(34)24-10-18(31)28-15(7-19(32)33)20-16(30)4-5-17-21(20)36-11-35-17/h1-6,14-15,29-30H,7-11H2,(H,24,34)(H,28,31)(H,32,33)(H2,25,26,27). The average molecular weight is 499 g/mol. The first-order valence-electron chi connectivity index (χ1n) is 11.0. The smallest absolute Gasteiger partial charge is 0.305 e. The van der Waals surface area contributed by atoms with E-state index in [2.05, 4.69) is 26.3 Å². The van der Waals surface area contributed by atoms with Gasteiger partial charge in [-0.05, 0) is 30.3 Å². The molecule has 2 aliphatic rings. The molecule has 2 aromatic rings. The first-order chi connectivity index (χ1) is 17.3. The van der Waals surface area contributed by atoms with Gasteiger partial charge in [-0.15, -0.1) is 0 Å². The van der Waals surface area contributed by atoms with E-state index in [9.17, 15) is 29.7 Å². The van der Waals surface area contributed by atoms with E-state index in [-0.39, 0.29) is 36.0 Å². The van der Waals surface area contributed by atoms with Crippen molar-refractivity contribution < 1.29 is 39.2 Å². The van der Waals surface area contributed by atoms with Crippen molar-refractivity contribution in [2.24, 2.45) is 4.99 Å². The third kappa shape index (κ3) is 5.93. The number of aliphatic imine (C=N–C) groups is 1. The zero-order valence-electron chi connectivity index (χ0n) is 19.0. The molecule has 2 amide bonds. The minimum Gasteiger partial charge on any atom is -0.507 e. The number of carboxylic acids is 1. The van der Waals surface area contributed by atoms with Gasteiger partial charge in [0.05, 0.1) is 37.2 Å². The van der Waals surface area contributed by atoms with Crippen LogP contribution in [0.25, 0.3) is 0 Å². The molecule has 0 saturated heterocycles. The van der Waals surface area contributed by atoms with Gasteiger partial charge in [0.25, 0.3) is 5.91 Å². The van der Waals surface area contributed by atoms with E-state index in [0.717, 1.165) is 0 Å². The monoisotopic (exact) mass is 499 g/mol. The number of ether oxygens (including phenoxy) is 2. The molecule has 2 unspecified atom stereocenters. The largest absolute Gasteiger partial charge is 0.507 e. The van der Waals surface area contributed by atoms with E-state index in [1.54, 1.807) is 24.3 Å². The van der Waals surface area contributed by atoms with Crippen molar-refractivity contribution in [1.82, 2.24) is 16.0 Å². The van der Waals surface area contributed by atoms with Crippen molar-refractivity contribution in [1.29, 1.82) is 0 Å². The van der Waals surface area contributed by atoms with Gasteiger partial charge < -0.3 is 46.1 Å². The number of benzene rings is 2. The molecular formula is C23H25N5O8. The van der Waals surface area contributed by atoms with Crippen LogP contribution in [0.3, 0.4) is 0 Å². The number of carbonyl (C=O) groups excluding carboxylic acids is 2. The summed E-state index contributed by atoms with van der Waals surface area (Å²) in [6, 6.07) is 8.18. The lowest BCUT2D eigenvalue weighted by Crippen LogP contribution is -2.42. The van der Waals surface area contributed by atoms with Gasteiger partial charge in [0.15, 0.2) is 17.5 Å². The summed E-state index contributed by atoms with van der Waals surface area (Å²) in [5, 5.41) is 40.1. The second-order valence-electron chi connectivity index (χ2n) is 8.06. The summed E-state index contributed by atoms with van der Waals surface area (Å²) in [5.41, 5.74) is 0.930. The predicted octanol–water partition coefficient (Wildman–Crippen LogP) is -0.0851. The molecule has 2 aliphatic heterocycles. The minimum atomic E-state index is -1.21. The molecule has 0 bridgehead atoms. The maximum atomic E-state index is 12.6. The summed E-state index contributed by atoms with van der Waals surface area (Å²) in [6.07, 6.45) is -1.09. The van der Waals surface area contributed by atoms with Gasteiger partial charge in [-0.1, -0.05) is 6.07 Å². The number of nitrogens with one attached hydrogen (secondary N) is 4. The fraction of sp³-hybridized carbons (Fsp3) is 0.304. The van der Waals surface area contributed by atoms with Crippen molar-refractivity contribution in [2.75, 3.05) is 31.7 Å². The number of phenolic OH excluding ortho intramolecular Hbond substituents is 1. The Morgan fingerprint density at radius 3 is 2.78 bits per heavy atom. The molecular weight excluding hydrogens is 474 g/mol. The number of hydrogen-bond donors (Lipinski definition) is 7. The number of carboxylic acid groups (broad SMARTS) is 1. The number of aromatic hydroxyl groups is 1. The van der Waals surface area contributed by atoms with E-state index >= 15 is 0 Å². The molecule has 7 N–H and O–H groups in total. The van der Waals surface area contributed by atoms with Gasteiger partial charge >= 0.3 is 5.97 Å². The maximum Gasteiger partial charge on any atom is 0.305 e. The molecule has 0 aromatic heterocycles. The van der Waals surface area contributed by atoms with Crippen molar-refractivity contribution in [2.45, 2.75) is 18.6 Å². The highest BCUT2D eigenvalue weighted by molar-refractivity contribution is 5.99. The Labute approximate surface area is 205 Å². The van der Waals surface area contributed by atoms with Crippen molar-refractivity contribution in [3.63, 3.8) is 0 Å². The number of guanidine groups is 1. The summed E-state index contributed by atoms with van der Waals surface area (Å²) in [6.45, 7) is 0.0731. The van der Waals surface area contributed by atoms with Gasteiger partial charge in [0.2, 0.25) is 12.7 Å². The molecule has 2 heterocycles. The summed E-state index contributed by atoms with van der Waals surface area (Å²) in [7, 11) is 0. The molecule has 36 heavy (non-hydrogen) atoms. The number of anilines is 1. The maximum absolute atomic E-state index is 12.6. The van der Waals surface area contributed by atoms with Gasteiger partial charge in [-0.3, -0.25) is 19.4 Å². The summed E-state index contributed by atoms with van der Waals surface area (Å²) >= 11 is 0. The number of β-amino-alcohol motifs (C(OH)–C–C–N with tert-alkyl or cyclic N) is 1. The molecule has 13 heteroatoms. The van der Waals surface area contributed by atoms with Crippen molar-refractivity contribution in [3.8, 4) is 17.2 Å². The Hall–Kier alpha value is -4.52. The second-order valence-corrected chi connectivity index (χ2v) is 8.06. The van der Waals surface area contributed by atoms with E-state index in [1.165, 1.54) is 12.1 Å². The molecule has 0 spiro atoms. The normalized spacial score (nSPS) is 16.8.